The van der Waals surface area contributed by atoms with Crippen molar-refractivity contribution in [3.05, 3.63) is 0 Å². The van der Waals surface area contributed by atoms with Crippen LogP contribution < -0.4 is 5.73 Å². The maximum Gasteiger partial charge on any atom is 0.0253 e. The quantitative estimate of drug-likeness (QED) is 0.831. The number of nitrogens with two attached hydrogens (primary N) is 1. The molecule has 2 rings (SSSR count). The van der Waals surface area contributed by atoms with Crippen LogP contribution in [0.15, 0.2) is 0 Å². The van der Waals surface area contributed by atoms with Crippen molar-refractivity contribution in [3.63, 3.8) is 0 Å². The minimum Gasteiger partial charge on any atom is -0.326 e. The summed E-state index contributed by atoms with van der Waals surface area (Å²) >= 11 is 0. The number of likely N-dealkylation sites (N-methyl/N-ethyl adjacent to an activating group) is 1. The summed E-state index contributed by atoms with van der Waals surface area (Å²) in [5.41, 5.74) is 6.41. The van der Waals surface area contributed by atoms with Crippen molar-refractivity contribution in [2.75, 3.05) is 27.2 Å². The Morgan fingerprint density at radius 2 is 2.00 bits per heavy atom. The van der Waals surface area contributed by atoms with E-state index in [1.807, 2.05) is 0 Å². The fourth-order valence-electron chi connectivity index (χ4n) is 3.92. The first kappa shape index (κ1) is 14.3. The van der Waals surface area contributed by atoms with Crippen molar-refractivity contribution in [1.29, 1.82) is 0 Å². The molecule has 0 bridgehead atoms. The highest BCUT2D eigenvalue weighted by Gasteiger charge is 2.37. The monoisotopic (exact) mass is 253 g/mol. The van der Waals surface area contributed by atoms with Gasteiger partial charge >= 0.3 is 0 Å². The number of hydrogen-bond acceptors (Lipinski definition) is 3. The minimum atomic E-state index is 0.413. The summed E-state index contributed by atoms with van der Waals surface area (Å²) in [6, 6.07) is 1.80. The third kappa shape index (κ3) is 3.25. The molecule has 2 N–H and O–H groups in total. The number of likely N-dealkylation sites (tertiary alicyclic amines) is 1. The molecule has 1 aliphatic heterocycles. The number of hydrogen-bond donors (Lipinski definition) is 1. The lowest BCUT2D eigenvalue weighted by atomic mass is 9.80. The highest BCUT2D eigenvalue weighted by molar-refractivity contribution is 4.94. The molecule has 1 aliphatic carbocycles. The van der Waals surface area contributed by atoms with E-state index in [0.29, 0.717) is 12.1 Å². The molecule has 0 aromatic rings. The number of rotatable bonds is 4. The molecule has 4 unspecified atom stereocenters. The smallest absolute Gasteiger partial charge is 0.0253 e. The van der Waals surface area contributed by atoms with Gasteiger partial charge in [0.15, 0.2) is 0 Å². The lowest BCUT2D eigenvalue weighted by Gasteiger charge is -2.42. The van der Waals surface area contributed by atoms with Crippen LogP contribution in [0.1, 0.15) is 45.4 Å². The molecule has 2 fully saturated rings. The highest BCUT2D eigenvalue weighted by atomic mass is 15.3. The van der Waals surface area contributed by atoms with Gasteiger partial charge in [-0.15, -0.1) is 0 Å². The molecule has 1 heterocycles. The maximum absolute atomic E-state index is 6.41. The molecule has 1 saturated carbocycles. The van der Waals surface area contributed by atoms with Crippen LogP contribution >= 0.6 is 0 Å². The first-order valence-electron chi connectivity index (χ1n) is 7.77. The van der Waals surface area contributed by atoms with Crippen LogP contribution in [0.5, 0.6) is 0 Å². The van der Waals surface area contributed by atoms with Crippen molar-refractivity contribution >= 4 is 0 Å². The molecule has 1 saturated heterocycles. The zero-order valence-corrected chi connectivity index (χ0v) is 12.4. The Kier molecular flexibility index (Phi) is 5.05. The Labute approximate surface area is 113 Å². The summed E-state index contributed by atoms with van der Waals surface area (Å²) in [6.45, 7) is 4.80. The predicted octanol–water partition coefficient (Wildman–Crippen LogP) is 1.92. The Morgan fingerprint density at radius 3 is 2.67 bits per heavy atom. The molecule has 0 spiro atoms. The second kappa shape index (κ2) is 6.36. The molecular weight excluding hydrogens is 222 g/mol. The Balaban J connectivity index is 1.99. The van der Waals surface area contributed by atoms with Gasteiger partial charge in [-0.05, 0) is 58.7 Å². The van der Waals surface area contributed by atoms with E-state index in [2.05, 4.69) is 30.8 Å². The zero-order valence-electron chi connectivity index (χ0n) is 12.4. The third-order valence-electron chi connectivity index (χ3n) is 4.98. The van der Waals surface area contributed by atoms with Gasteiger partial charge in [-0.3, -0.25) is 4.90 Å². The van der Waals surface area contributed by atoms with Crippen molar-refractivity contribution in [2.45, 2.75) is 63.6 Å². The lowest BCUT2D eigenvalue weighted by molar-refractivity contribution is 0.0871. The summed E-state index contributed by atoms with van der Waals surface area (Å²) < 4.78 is 0. The van der Waals surface area contributed by atoms with Crippen LogP contribution in [-0.2, 0) is 0 Å². The SMILES string of the molecule is CCC1CCC(N)C(N2CCCC2CN(C)C)C1. The standard InChI is InChI=1S/C15H31N3/c1-4-12-7-8-14(16)15(10-12)18-9-5-6-13(18)11-17(2)3/h12-15H,4-11,16H2,1-3H3. The summed E-state index contributed by atoms with van der Waals surface area (Å²) in [6.07, 6.45) is 7.96. The molecule has 3 nitrogen and oxygen atoms in total. The van der Waals surface area contributed by atoms with Crippen LogP contribution in [0.2, 0.25) is 0 Å². The van der Waals surface area contributed by atoms with Gasteiger partial charge < -0.3 is 10.6 Å². The minimum absolute atomic E-state index is 0.413. The van der Waals surface area contributed by atoms with E-state index in [9.17, 15) is 0 Å². The molecule has 0 amide bonds. The fourth-order valence-corrected chi connectivity index (χ4v) is 3.92. The fraction of sp³-hybridized carbons (Fsp3) is 1.00. The molecule has 3 heteroatoms. The first-order valence-corrected chi connectivity index (χ1v) is 7.77. The summed E-state index contributed by atoms with van der Waals surface area (Å²) in [7, 11) is 4.37. The molecular formula is C15H31N3. The van der Waals surface area contributed by atoms with Gasteiger partial charge in [-0.25, -0.2) is 0 Å². The van der Waals surface area contributed by atoms with Crippen LogP contribution in [0, 0.1) is 5.92 Å². The maximum atomic E-state index is 6.41. The van der Waals surface area contributed by atoms with Crippen LogP contribution in [0.25, 0.3) is 0 Å². The molecule has 4 atom stereocenters. The van der Waals surface area contributed by atoms with Gasteiger partial charge in [0.2, 0.25) is 0 Å². The van der Waals surface area contributed by atoms with Gasteiger partial charge in [-0.1, -0.05) is 13.3 Å². The molecule has 2 aliphatic rings. The van der Waals surface area contributed by atoms with Gasteiger partial charge in [-0.2, -0.15) is 0 Å². The largest absolute Gasteiger partial charge is 0.326 e. The molecule has 106 valence electrons. The molecule has 18 heavy (non-hydrogen) atoms. The van der Waals surface area contributed by atoms with E-state index >= 15 is 0 Å². The Morgan fingerprint density at radius 1 is 1.22 bits per heavy atom. The average Bonchev–Trinajstić information content (AvgIpc) is 2.77. The topological polar surface area (TPSA) is 32.5 Å². The van der Waals surface area contributed by atoms with Crippen molar-refractivity contribution < 1.29 is 0 Å². The zero-order chi connectivity index (χ0) is 13.1. The van der Waals surface area contributed by atoms with Gasteiger partial charge in [0.1, 0.15) is 0 Å². The molecule has 0 radical (unpaired) electrons. The number of nitrogens with zero attached hydrogens (tertiary/aromatic N) is 2. The van der Waals surface area contributed by atoms with E-state index in [4.69, 9.17) is 5.73 Å². The van der Waals surface area contributed by atoms with Crippen LogP contribution in [0.3, 0.4) is 0 Å². The van der Waals surface area contributed by atoms with Gasteiger partial charge in [0.25, 0.3) is 0 Å². The van der Waals surface area contributed by atoms with Gasteiger partial charge in [0.05, 0.1) is 0 Å². The normalized spacial score (nSPS) is 38.5. The van der Waals surface area contributed by atoms with E-state index in [-0.39, 0.29) is 0 Å². The second-order valence-corrected chi connectivity index (χ2v) is 6.61. The van der Waals surface area contributed by atoms with Crippen LogP contribution in [-0.4, -0.2) is 55.1 Å². The summed E-state index contributed by atoms with van der Waals surface area (Å²) in [4.78, 5) is 5.07. The second-order valence-electron chi connectivity index (χ2n) is 6.61. The van der Waals surface area contributed by atoms with E-state index in [1.54, 1.807) is 0 Å². The van der Waals surface area contributed by atoms with Crippen molar-refractivity contribution in [1.82, 2.24) is 9.80 Å². The average molecular weight is 253 g/mol. The predicted molar refractivity (Wildman–Crippen MR) is 77.7 cm³/mol. The van der Waals surface area contributed by atoms with E-state index in [1.165, 1.54) is 51.6 Å². The third-order valence-corrected chi connectivity index (χ3v) is 4.98. The Bertz CT molecular complexity index is 254. The molecule has 0 aromatic carbocycles. The van der Waals surface area contributed by atoms with Crippen molar-refractivity contribution in [2.24, 2.45) is 11.7 Å². The van der Waals surface area contributed by atoms with E-state index < -0.39 is 0 Å². The summed E-state index contributed by atoms with van der Waals surface area (Å²) in [5, 5.41) is 0. The molecule has 0 aromatic heterocycles. The summed E-state index contributed by atoms with van der Waals surface area (Å²) in [5.74, 6) is 0.912. The highest BCUT2D eigenvalue weighted by Crippen LogP contribution is 2.33. The lowest BCUT2D eigenvalue weighted by Crippen LogP contribution is -2.54. The Hall–Kier alpha value is -0.120. The van der Waals surface area contributed by atoms with Crippen molar-refractivity contribution in [3.8, 4) is 0 Å². The van der Waals surface area contributed by atoms with E-state index in [0.717, 1.165) is 12.0 Å². The first-order chi connectivity index (χ1) is 8.61. The van der Waals surface area contributed by atoms with Crippen LogP contribution in [0.4, 0.5) is 0 Å². The van der Waals surface area contributed by atoms with Gasteiger partial charge in [0, 0.05) is 24.7 Å².